The van der Waals surface area contributed by atoms with Gasteiger partial charge in [-0.1, -0.05) is 55.2 Å². The molecule has 1 saturated heterocycles. The van der Waals surface area contributed by atoms with E-state index in [1.165, 1.54) is 5.56 Å². The minimum absolute atomic E-state index is 0.246. The predicted octanol–water partition coefficient (Wildman–Crippen LogP) is 1.20. The maximum atomic E-state index is 12.0. The molecule has 4 nitrogen and oxygen atoms in total. The fraction of sp³-hybridized carbons (Fsp3) is 0.214. The molecule has 0 saturated carbocycles. The zero-order valence-electron chi connectivity index (χ0n) is 10.8. The Morgan fingerprint density at radius 2 is 2.05 bits per heavy atom. The summed E-state index contributed by atoms with van der Waals surface area (Å²) in [5, 5.41) is 10.6. The van der Waals surface area contributed by atoms with Crippen LogP contribution in [0.2, 0.25) is 0 Å². The lowest BCUT2D eigenvalue weighted by Crippen LogP contribution is -2.40. The zero-order chi connectivity index (χ0) is 14.7. The van der Waals surface area contributed by atoms with Gasteiger partial charge in [-0.15, -0.1) is 0 Å². The van der Waals surface area contributed by atoms with E-state index in [9.17, 15) is 14.7 Å². The number of nitrogens with zero attached hydrogens (tertiary/aromatic N) is 1. The van der Waals surface area contributed by atoms with Crippen LogP contribution < -0.4 is 5.11 Å². The summed E-state index contributed by atoms with van der Waals surface area (Å²) in [7, 11) is 0. The topological polar surface area (TPSA) is 60.4 Å². The first-order valence-corrected chi connectivity index (χ1v) is 7.28. The van der Waals surface area contributed by atoms with E-state index < -0.39 is 12.5 Å². The average molecular weight is 306 g/mol. The smallest absolute Gasteiger partial charge is 0.266 e. The third-order valence-corrected chi connectivity index (χ3v) is 4.22. The summed E-state index contributed by atoms with van der Waals surface area (Å²) in [4.78, 5) is 24.1. The lowest BCUT2D eigenvalue weighted by Gasteiger charge is -2.14. The van der Waals surface area contributed by atoms with E-state index in [1.54, 1.807) is 6.08 Å². The van der Waals surface area contributed by atoms with Gasteiger partial charge in [0.25, 0.3) is 5.91 Å². The van der Waals surface area contributed by atoms with Gasteiger partial charge in [0.2, 0.25) is 0 Å². The molecule has 0 aliphatic carbocycles. The second kappa shape index (κ2) is 6.19. The van der Waals surface area contributed by atoms with E-state index in [0.717, 1.165) is 28.6 Å². The molecular formula is C14H12NO3S2-. The zero-order valence-corrected chi connectivity index (χ0v) is 12.4. The Morgan fingerprint density at radius 1 is 1.40 bits per heavy atom. The number of thiocarbonyl (C=S) groups is 1. The Balaban J connectivity index is 2.20. The van der Waals surface area contributed by atoms with Crippen LogP contribution in [0, 0.1) is 0 Å². The lowest BCUT2D eigenvalue weighted by atomic mass is 10.1. The number of aryl methyl sites for hydroxylation is 1. The highest BCUT2D eigenvalue weighted by molar-refractivity contribution is 8.26. The third kappa shape index (κ3) is 3.26. The highest BCUT2D eigenvalue weighted by Gasteiger charge is 2.31. The largest absolute Gasteiger partial charge is 0.548 e. The maximum absolute atomic E-state index is 12.0. The number of carboxylic acids is 1. The standard InChI is InChI=1S/C14H13NO3S2/c1-2-9-3-5-10(6-4-9)7-11-13(18)15(8-12(16)17)14(19)20-11/h3-7H,2,8H2,1H3,(H,16,17)/p-1. The van der Waals surface area contributed by atoms with Crippen LogP contribution in [-0.4, -0.2) is 27.6 Å². The van der Waals surface area contributed by atoms with Gasteiger partial charge in [-0.2, -0.15) is 0 Å². The van der Waals surface area contributed by atoms with E-state index in [0.29, 0.717) is 4.91 Å². The Bertz CT molecular complexity index is 593. The quantitative estimate of drug-likeness (QED) is 0.618. The molecule has 1 heterocycles. The molecule has 1 amide bonds. The van der Waals surface area contributed by atoms with Crippen LogP contribution in [-0.2, 0) is 16.0 Å². The third-order valence-electron chi connectivity index (χ3n) is 2.85. The minimum atomic E-state index is -1.32. The van der Waals surface area contributed by atoms with Crippen LogP contribution in [0.15, 0.2) is 29.2 Å². The number of aliphatic carboxylic acids is 1. The highest BCUT2D eigenvalue weighted by atomic mass is 32.2. The van der Waals surface area contributed by atoms with Crippen LogP contribution >= 0.6 is 24.0 Å². The van der Waals surface area contributed by atoms with Crippen molar-refractivity contribution < 1.29 is 14.7 Å². The predicted molar refractivity (Wildman–Crippen MR) is 80.7 cm³/mol. The normalized spacial score (nSPS) is 17.1. The Hall–Kier alpha value is -1.66. The van der Waals surface area contributed by atoms with Gasteiger partial charge in [-0.25, -0.2) is 0 Å². The number of carbonyl (C=O) groups is 2. The number of hydrogen-bond acceptors (Lipinski definition) is 5. The minimum Gasteiger partial charge on any atom is -0.548 e. The summed E-state index contributed by atoms with van der Waals surface area (Å²) in [6.07, 6.45) is 2.67. The van der Waals surface area contributed by atoms with E-state index >= 15 is 0 Å². The summed E-state index contributed by atoms with van der Waals surface area (Å²) >= 11 is 6.11. The van der Waals surface area contributed by atoms with Crippen molar-refractivity contribution in [3.63, 3.8) is 0 Å². The van der Waals surface area contributed by atoms with Gasteiger partial charge in [0.1, 0.15) is 4.32 Å². The van der Waals surface area contributed by atoms with Crippen LogP contribution in [0.1, 0.15) is 18.1 Å². The van der Waals surface area contributed by atoms with Gasteiger partial charge in [0.15, 0.2) is 0 Å². The average Bonchev–Trinajstić information content (AvgIpc) is 2.67. The number of rotatable bonds is 4. The Morgan fingerprint density at radius 3 is 2.60 bits per heavy atom. The summed E-state index contributed by atoms with van der Waals surface area (Å²) in [5.74, 6) is -1.71. The van der Waals surface area contributed by atoms with Crippen LogP contribution in [0.5, 0.6) is 0 Å². The molecule has 0 aromatic heterocycles. The molecule has 104 valence electrons. The van der Waals surface area contributed by atoms with E-state index in [2.05, 4.69) is 6.92 Å². The second-order valence-corrected chi connectivity index (χ2v) is 5.91. The number of carbonyl (C=O) groups excluding carboxylic acids is 2. The Labute approximate surface area is 126 Å². The second-order valence-electron chi connectivity index (χ2n) is 4.23. The van der Waals surface area contributed by atoms with Crippen LogP contribution in [0.3, 0.4) is 0 Å². The molecule has 1 aromatic rings. The number of hydrogen-bond donors (Lipinski definition) is 0. The van der Waals surface area contributed by atoms with E-state index in [1.807, 2.05) is 24.3 Å². The molecule has 1 aliphatic heterocycles. The summed E-state index contributed by atoms with van der Waals surface area (Å²) < 4.78 is 0.246. The fourth-order valence-electron chi connectivity index (χ4n) is 1.77. The van der Waals surface area contributed by atoms with Crippen molar-refractivity contribution in [2.24, 2.45) is 0 Å². The van der Waals surface area contributed by atoms with Crippen LogP contribution in [0.4, 0.5) is 0 Å². The molecule has 0 radical (unpaired) electrons. The van der Waals surface area contributed by atoms with Crippen LogP contribution in [0.25, 0.3) is 6.08 Å². The maximum Gasteiger partial charge on any atom is 0.266 e. The lowest BCUT2D eigenvalue weighted by molar-refractivity contribution is -0.305. The van der Waals surface area contributed by atoms with Crippen molar-refractivity contribution in [2.45, 2.75) is 13.3 Å². The first-order valence-electron chi connectivity index (χ1n) is 6.05. The highest BCUT2D eigenvalue weighted by Crippen LogP contribution is 2.32. The van der Waals surface area contributed by atoms with Crippen molar-refractivity contribution in [2.75, 3.05) is 6.54 Å². The fourth-order valence-corrected chi connectivity index (χ4v) is 3.02. The van der Waals surface area contributed by atoms with E-state index in [-0.39, 0.29) is 10.2 Å². The van der Waals surface area contributed by atoms with Crippen molar-refractivity contribution in [3.8, 4) is 0 Å². The van der Waals surface area contributed by atoms with Gasteiger partial charge in [-0.3, -0.25) is 9.69 Å². The molecule has 1 aliphatic rings. The molecule has 0 unspecified atom stereocenters. The van der Waals surface area contributed by atoms with Crippen molar-refractivity contribution in [1.82, 2.24) is 4.90 Å². The molecule has 0 bridgehead atoms. The number of carboxylic acid groups (broad SMARTS) is 1. The molecule has 1 aromatic carbocycles. The molecule has 1 fully saturated rings. The van der Waals surface area contributed by atoms with Crippen molar-refractivity contribution in [1.29, 1.82) is 0 Å². The summed E-state index contributed by atoms with van der Waals surface area (Å²) in [6.45, 7) is 1.57. The molecular weight excluding hydrogens is 294 g/mol. The molecule has 6 heteroatoms. The van der Waals surface area contributed by atoms with E-state index in [4.69, 9.17) is 12.2 Å². The van der Waals surface area contributed by atoms with Crippen molar-refractivity contribution >= 4 is 46.3 Å². The van der Waals surface area contributed by atoms with Gasteiger partial charge in [0, 0.05) is 0 Å². The van der Waals surface area contributed by atoms with Crippen molar-refractivity contribution in [3.05, 3.63) is 40.3 Å². The number of amides is 1. The molecule has 0 spiro atoms. The molecule has 20 heavy (non-hydrogen) atoms. The summed E-state index contributed by atoms with van der Waals surface area (Å²) in [5.41, 5.74) is 2.10. The van der Waals surface area contributed by atoms with Gasteiger partial charge < -0.3 is 9.90 Å². The first kappa shape index (κ1) is 14.7. The van der Waals surface area contributed by atoms with Gasteiger partial charge >= 0.3 is 0 Å². The molecule has 0 N–H and O–H groups in total. The monoisotopic (exact) mass is 306 g/mol. The van der Waals surface area contributed by atoms with Gasteiger partial charge in [-0.05, 0) is 23.6 Å². The molecule has 2 rings (SSSR count). The van der Waals surface area contributed by atoms with Gasteiger partial charge in [0.05, 0.1) is 17.4 Å². The number of thioether (sulfide) groups is 1. The SMILES string of the molecule is CCc1ccc(C=C2SC(=S)N(CC(=O)[O-])C2=O)cc1. The Kier molecular flexibility index (Phi) is 4.57. The summed E-state index contributed by atoms with van der Waals surface area (Å²) in [6, 6.07) is 7.83. The molecule has 0 atom stereocenters. The first-order chi connectivity index (χ1) is 9.51. The number of benzene rings is 1.